The second-order valence-corrected chi connectivity index (χ2v) is 5.44. The minimum Gasteiger partial charge on any atom is -0.294 e. The maximum absolute atomic E-state index is 11.8. The molecule has 2 aromatic rings. The number of hydrogen-bond donors (Lipinski definition) is 0. The Labute approximate surface area is 98.5 Å². The summed E-state index contributed by atoms with van der Waals surface area (Å²) in [5, 5.41) is 5.81. The number of hydrogen-bond acceptors (Lipinski definition) is 3. The van der Waals surface area contributed by atoms with Gasteiger partial charge in [0.15, 0.2) is 5.78 Å². The van der Waals surface area contributed by atoms with Gasteiger partial charge in [-0.25, -0.2) is 0 Å². The Morgan fingerprint density at radius 3 is 2.86 bits per heavy atom. The van der Waals surface area contributed by atoms with E-state index >= 15 is 0 Å². The van der Waals surface area contributed by atoms with Gasteiger partial charge in [-0.1, -0.05) is 6.07 Å². The van der Waals surface area contributed by atoms with Crippen LogP contribution in [-0.2, 0) is 6.42 Å². The molecule has 0 aromatic carbocycles. The minimum absolute atomic E-state index is 0.181. The van der Waals surface area contributed by atoms with Crippen LogP contribution in [0.15, 0.2) is 32.7 Å². The van der Waals surface area contributed by atoms with Crippen LogP contribution >= 0.6 is 38.6 Å². The van der Waals surface area contributed by atoms with Crippen molar-refractivity contribution in [2.24, 2.45) is 0 Å². The lowest BCUT2D eigenvalue weighted by Gasteiger charge is -1.96. The summed E-state index contributed by atoms with van der Waals surface area (Å²) in [4.78, 5) is 12.9. The van der Waals surface area contributed by atoms with Gasteiger partial charge in [-0.2, -0.15) is 11.3 Å². The van der Waals surface area contributed by atoms with Crippen molar-refractivity contribution in [2.75, 3.05) is 0 Å². The van der Waals surface area contributed by atoms with E-state index in [2.05, 4.69) is 15.9 Å². The summed E-state index contributed by atoms with van der Waals surface area (Å²) < 4.78 is 0.907. The summed E-state index contributed by atoms with van der Waals surface area (Å²) in [6, 6.07) is 3.96. The molecule has 0 atom stereocenters. The molecule has 0 fully saturated rings. The van der Waals surface area contributed by atoms with Crippen molar-refractivity contribution >= 4 is 44.4 Å². The van der Waals surface area contributed by atoms with E-state index in [1.807, 2.05) is 28.3 Å². The van der Waals surface area contributed by atoms with Crippen molar-refractivity contribution in [1.29, 1.82) is 0 Å². The molecule has 1 nitrogen and oxygen atoms in total. The van der Waals surface area contributed by atoms with Gasteiger partial charge >= 0.3 is 0 Å². The number of carbonyl (C=O) groups excluding carboxylic acids is 1. The van der Waals surface area contributed by atoms with Gasteiger partial charge in [0, 0.05) is 32.1 Å². The van der Waals surface area contributed by atoms with Crippen LogP contribution in [0.25, 0.3) is 0 Å². The van der Waals surface area contributed by atoms with Gasteiger partial charge in [0.25, 0.3) is 0 Å². The minimum atomic E-state index is 0.181. The first-order chi connectivity index (χ1) is 6.77. The molecular weight excluding hydrogens is 280 g/mol. The van der Waals surface area contributed by atoms with Crippen LogP contribution < -0.4 is 0 Å². The SMILES string of the molecule is O=C(Cc1cccs1)c1cscc1Br. The number of Topliss-reactive ketones (excluding diaryl/α,β-unsaturated/α-hetero) is 1. The van der Waals surface area contributed by atoms with Gasteiger partial charge in [0.05, 0.1) is 0 Å². The summed E-state index contributed by atoms with van der Waals surface area (Å²) in [5.41, 5.74) is 0.795. The van der Waals surface area contributed by atoms with E-state index < -0.39 is 0 Å². The van der Waals surface area contributed by atoms with Crippen LogP contribution in [0.4, 0.5) is 0 Å². The van der Waals surface area contributed by atoms with E-state index in [1.165, 1.54) is 0 Å². The smallest absolute Gasteiger partial charge is 0.170 e. The van der Waals surface area contributed by atoms with Crippen molar-refractivity contribution in [2.45, 2.75) is 6.42 Å². The van der Waals surface area contributed by atoms with Crippen molar-refractivity contribution in [1.82, 2.24) is 0 Å². The standard InChI is InChI=1S/C10H7BrOS2/c11-9-6-13-5-8(9)10(12)4-7-2-1-3-14-7/h1-3,5-6H,4H2. The first-order valence-corrected chi connectivity index (χ1v) is 6.66. The molecular formula is C10H7BrOS2. The van der Waals surface area contributed by atoms with Gasteiger partial charge in [-0.15, -0.1) is 11.3 Å². The monoisotopic (exact) mass is 286 g/mol. The molecule has 0 bridgehead atoms. The summed E-state index contributed by atoms with van der Waals surface area (Å²) >= 11 is 6.53. The highest BCUT2D eigenvalue weighted by Crippen LogP contribution is 2.23. The number of thiophene rings is 2. The van der Waals surface area contributed by atoms with E-state index in [1.54, 1.807) is 22.7 Å². The molecule has 2 rings (SSSR count). The predicted molar refractivity (Wildman–Crippen MR) is 64.4 cm³/mol. The third kappa shape index (κ3) is 2.13. The number of carbonyl (C=O) groups is 1. The van der Waals surface area contributed by atoms with Gasteiger partial charge in [0.1, 0.15) is 0 Å². The fourth-order valence-electron chi connectivity index (χ4n) is 1.15. The molecule has 14 heavy (non-hydrogen) atoms. The number of ketones is 1. The largest absolute Gasteiger partial charge is 0.294 e. The first-order valence-electron chi connectivity index (χ1n) is 4.04. The molecule has 0 amide bonds. The molecule has 0 spiro atoms. The zero-order valence-corrected chi connectivity index (χ0v) is 10.4. The van der Waals surface area contributed by atoms with Crippen LogP contribution in [0.5, 0.6) is 0 Å². The summed E-state index contributed by atoms with van der Waals surface area (Å²) in [5.74, 6) is 0.181. The molecule has 72 valence electrons. The summed E-state index contributed by atoms with van der Waals surface area (Å²) in [6.45, 7) is 0. The average Bonchev–Trinajstić information content (AvgIpc) is 2.75. The van der Waals surface area contributed by atoms with Crippen LogP contribution in [0, 0.1) is 0 Å². The molecule has 0 aliphatic rings. The van der Waals surface area contributed by atoms with Crippen LogP contribution in [0.1, 0.15) is 15.2 Å². The van der Waals surface area contributed by atoms with E-state index in [9.17, 15) is 4.79 Å². The number of halogens is 1. The lowest BCUT2D eigenvalue weighted by atomic mass is 10.1. The molecule has 0 aliphatic carbocycles. The van der Waals surface area contributed by atoms with Gasteiger partial charge < -0.3 is 0 Å². The van der Waals surface area contributed by atoms with Gasteiger partial charge in [-0.05, 0) is 27.4 Å². The number of rotatable bonds is 3. The molecule has 0 N–H and O–H groups in total. The Morgan fingerprint density at radius 1 is 1.43 bits per heavy atom. The molecule has 0 saturated heterocycles. The summed E-state index contributed by atoms with van der Waals surface area (Å²) in [6.07, 6.45) is 0.507. The highest BCUT2D eigenvalue weighted by atomic mass is 79.9. The molecule has 0 saturated carbocycles. The normalized spacial score (nSPS) is 10.4. The van der Waals surface area contributed by atoms with E-state index in [0.29, 0.717) is 6.42 Å². The van der Waals surface area contributed by atoms with Crippen molar-refractivity contribution in [3.63, 3.8) is 0 Å². The van der Waals surface area contributed by atoms with Crippen molar-refractivity contribution in [3.8, 4) is 0 Å². The second-order valence-electron chi connectivity index (χ2n) is 2.81. The Kier molecular flexibility index (Phi) is 3.15. The topological polar surface area (TPSA) is 17.1 Å². The fourth-order valence-corrected chi connectivity index (χ4v) is 3.37. The molecule has 2 aromatic heterocycles. The summed E-state index contributed by atoms with van der Waals surface area (Å²) in [7, 11) is 0. The third-order valence-corrected chi connectivity index (χ3v) is 4.41. The highest BCUT2D eigenvalue weighted by Gasteiger charge is 2.11. The Bertz CT molecular complexity index is 431. The molecule has 0 unspecified atom stereocenters. The predicted octanol–water partition coefficient (Wildman–Crippen LogP) is 4.00. The van der Waals surface area contributed by atoms with Gasteiger partial charge in [-0.3, -0.25) is 4.79 Å². The van der Waals surface area contributed by atoms with Crippen molar-refractivity contribution < 1.29 is 4.79 Å². The Morgan fingerprint density at radius 2 is 2.29 bits per heavy atom. The molecule has 2 heterocycles. The maximum Gasteiger partial charge on any atom is 0.170 e. The Hall–Kier alpha value is -0.450. The fraction of sp³-hybridized carbons (Fsp3) is 0.100. The quantitative estimate of drug-likeness (QED) is 0.780. The van der Waals surface area contributed by atoms with E-state index in [4.69, 9.17) is 0 Å². The zero-order chi connectivity index (χ0) is 9.97. The second kappa shape index (κ2) is 4.38. The Balaban J connectivity index is 2.14. The molecule has 0 aliphatic heterocycles. The van der Waals surface area contributed by atoms with Crippen LogP contribution in [0.2, 0.25) is 0 Å². The van der Waals surface area contributed by atoms with E-state index in [0.717, 1.165) is 14.9 Å². The average molecular weight is 287 g/mol. The van der Waals surface area contributed by atoms with Gasteiger partial charge in [0.2, 0.25) is 0 Å². The maximum atomic E-state index is 11.8. The van der Waals surface area contributed by atoms with E-state index in [-0.39, 0.29) is 5.78 Å². The third-order valence-electron chi connectivity index (χ3n) is 1.83. The molecule has 4 heteroatoms. The lowest BCUT2D eigenvalue weighted by molar-refractivity contribution is 0.0993. The first kappa shape index (κ1) is 10.1. The molecule has 0 radical (unpaired) electrons. The highest BCUT2D eigenvalue weighted by molar-refractivity contribution is 9.10. The van der Waals surface area contributed by atoms with Crippen LogP contribution in [0.3, 0.4) is 0 Å². The lowest BCUT2D eigenvalue weighted by Crippen LogP contribution is -2.00. The zero-order valence-electron chi connectivity index (χ0n) is 7.20. The van der Waals surface area contributed by atoms with Crippen LogP contribution in [-0.4, -0.2) is 5.78 Å². The van der Waals surface area contributed by atoms with Crippen molar-refractivity contribution in [3.05, 3.63) is 43.2 Å².